The zero-order valence-corrected chi connectivity index (χ0v) is 10.4. The molecule has 1 amide bonds. The summed E-state index contributed by atoms with van der Waals surface area (Å²) in [7, 11) is 0. The highest BCUT2D eigenvalue weighted by molar-refractivity contribution is 5.94. The molecule has 0 aliphatic rings. The van der Waals surface area contributed by atoms with Crippen molar-refractivity contribution in [3.05, 3.63) is 29.8 Å². The molecule has 1 aromatic rings. The summed E-state index contributed by atoms with van der Waals surface area (Å²) in [6, 6.07) is 4.32. The second-order valence-electron chi connectivity index (χ2n) is 4.02. The Morgan fingerprint density at radius 3 is 2.30 bits per heavy atom. The Kier molecular flexibility index (Phi) is 4.95. The van der Waals surface area contributed by atoms with Gasteiger partial charge in [0.15, 0.2) is 0 Å². The van der Waals surface area contributed by atoms with E-state index in [2.05, 4.69) is 10.1 Å². The van der Waals surface area contributed by atoms with Crippen LogP contribution in [0.25, 0.3) is 0 Å². The van der Waals surface area contributed by atoms with Gasteiger partial charge in [-0.25, -0.2) is 0 Å². The van der Waals surface area contributed by atoms with Crippen LogP contribution in [0.4, 0.5) is 13.2 Å². The number of amides is 1. The summed E-state index contributed by atoms with van der Waals surface area (Å²) in [5.41, 5.74) is 0.108. The van der Waals surface area contributed by atoms with Crippen LogP contribution in [0.2, 0.25) is 0 Å². The van der Waals surface area contributed by atoms with E-state index in [1.165, 1.54) is 6.92 Å². The lowest BCUT2D eigenvalue weighted by Crippen LogP contribution is -2.31. The van der Waals surface area contributed by atoms with Gasteiger partial charge >= 0.3 is 12.3 Å². The molecule has 0 spiro atoms. The van der Waals surface area contributed by atoms with Crippen molar-refractivity contribution in [2.75, 3.05) is 6.54 Å². The first-order valence-corrected chi connectivity index (χ1v) is 5.56. The quantitative estimate of drug-likeness (QED) is 0.870. The molecule has 20 heavy (non-hydrogen) atoms. The number of benzene rings is 1. The maximum Gasteiger partial charge on any atom is 0.573 e. The van der Waals surface area contributed by atoms with Gasteiger partial charge in [-0.2, -0.15) is 0 Å². The third kappa shape index (κ3) is 5.17. The number of alkyl halides is 3. The Balaban J connectivity index is 2.60. The van der Waals surface area contributed by atoms with Gasteiger partial charge in [0.2, 0.25) is 0 Å². The van der Waals surface area contributed by atoms with E-state index in [1.54, 1.807) is 0 Å². The van der Waals surface area contributed by atoms with Gasteiger partial charge in [-0.05, 0) is 24.3 Å². The normalized spacial score (nSPS) is 12.6. The Morgan fingerprint density at radius 1 is 1.30 bits per heavy atom. The Morgan fingerprint density at radius 2 is 1.85 bits per heavy atom. The first kappa shape index (κ1) is 15.8. The minimum atomic E-state index is -4.79. The van der Waals surface area contributed by atoms with Crippen molar-refractivity contribution < 1.29 is 32.6 Å². The van der Waals surface area contributed by atoms with Gasteiger partial charge in [0.05, 0.1) is 5.92 Å². The summed E-state index contributed by atoms with van der Waals surface area (Å²) in [6.07, 6.45) is -4.79. The smallest absolute Gasteiger partial charge is 0.481 e. The lowest BCUT2D eigenvalue weighted by atomic mass is 10.1. The number of aliphatic carboxylic acids is 1. The molecule has 0 heterocycles. The predicted molar refractivity (Wildman–Crippen MR) is 62.3 cm³/mol. The fourth-order valence-corrected chi connectivity index (χ4v) is 1.24. The number of halogens is 3. The van der Waals surface area contributed by atoms with Crippen LogP contribution in [0.3, 0.4) is 0 Å². The van der Waals surface area contributed by atoms with Crippen LogP contribution in [0.1, 0.15) is 17.3 Å². The molecule has 0 bridgehead atoms. The fourth-order valence-electron chi connectivity index (χ4n) is 1.24. The summed E-state index contributed by atoms with van der Waals surface area (Å²) < 4.78 is 39.4. The van der Waals surface area contributed by atoms with Crippen LogP contribution < -0.4 is 10.1 Å². The third-order valence-electron chi connectivity index (χ3n) is 2.34. The maximum absolute atomic E-state index is 11.9. The fraction of sp³-hybridized carbons (Fsp3) is 0.333. The molecule has 0 fully saturated rings. The van der Waals surface area contributed by atoms with E-state index in [4.69, 9.17) is 5.11 Å². The maximum atomic E-state index is 11.9. The van der Waals surface area contributed by atoms with Crippen molar-refractivity contribution in [1.82, 2.24) is 5.32 Å². The number of hydrogen-bond donors (Lipinski definition) is 2. The topological polar surface area (TPSA) is 75.6 Å². The van der Waals surface area contributed by atoms with Crippen molar-refractivity contribution in [3.8, 4) is 5.75 Å². The number of rotatable bonds is 5. The van der Waals surface area contributed by atoms with Gasteiger partial charge in [-0.1, -0.05) is 6.92 Å². The number of ether oxygens (including phenoxy) is 1. The average molecular weight is 291 g/mol. The SMILES string of the molecule is CC(CNC(=O)c1ccc(OC(F)(F)F)cc1)C(=O)O. The lowest BCUT2D eigenvalue weighted by molar-refractivity contribution is -0.274. The van der Waals surface area contributed by atoms with Gasteiger partial charge in [0.1, 0.15) is 5.75 Å². The number of carboxylic acid groups (broad SMARTS) is 1. The summed E-state index contributed by atoms with van der Waals surface area (Å²) in [5, 5.41) is 11.0. The molecule has 5 nitrogen and oxygen atoms in total. The second-order valence-corrected chi connectivity index (χ2v) is 4.02. The monoisotopic (exact) mass is 291 g/mol. The molecule has 0 aromatic heterocycles. The Labute approximate surface area is 112 Å². The molecule has 1 aromatic carbocycles. The zero-order chi connectivity index (χ0) is 15.3. The summed E-state index contributed by atoms with van der Waals surface area (Å²) in [4.78, 5) is 22.2. The minimum Gasteiger partial charge on any atom is -0.481 e. The van der Waals surface area contributed by atoms with Crippen LogP contribution in [-0.4, -0.2) is 29.9 Å². The number of carboxylic acids is 1. The van der Waals surface area contributed by atoms with E-state index in [9.17, 15) is 22.8 Å². The lowest BCUT2D eigenvalue weighted by Gasteiger charge is -2.10. The van der Waals surface area contributed by atoms with Crippen LogP contribution in [-0.2, 0) is 4.79 Å². The molecule has 0 aliphatic heterocycles. The molecule has 0 saturated carbocycles. The highest BCUT2D eigenvalue weighted by atomic mass is 19.4. The number of carbonyl (C=O) groups excluding carboxylic acids is 1. The second kappa shape index (κ2) is 6.27. The van der Waals surface area contributed by atoms with Crippen molar-refractivity contribution >= 4 is 11.9 Å². The molecular weight excluding hydrogens is 279 g/mol. The van der Waals surface area contributed by atoms with Crippen molar-refractivity contribution in [2.24, 2.45) is 5.92 Å². The molecular formula is C12H12F3NO4. The van der Waals surface area contributed by atoms with E-state index in [0.29, 0.717) is 0 Å². The van der Waals surface area contributed by atoms with Crippen LogP contribution in [0.5, 0.6) is 5.75 Å². The molecule has 0 saturated heterocycles. The van der Waals surface area contributed by atoms with E-state index < -0.39 is 29.9 Å². The highest BCUT2D eigenvalue weighted by Gasteiger charge is 2.31. The minimum absolute atomic E-state index is 0.0744. The first-order chi connectivity index (χ1) is 9.19. The summed E-state index contributed by atoms with van der Waals surface area (Å²) in [6.45, 7) is 1.35. The molecule has 0 radical (unpaired) electrons. The van der Waals surface area contributed by atoms with E-state index in [1.807, 2.05) is 0 Å². The number of carbonyl (C=O) groups is 2. The standard InChI is InChI=1S/C12H12F3NO4/c1-7(11(18)19)6-16-10(17)8-2-4-9(5-3-8)20-12(13,14)15/h2-5,7H,6H2,1H3,(H,16,17)(H,18,19). The van der Waals surface area contributed by atoms with E-state index >= 15 is 0 Å². The first-order valence-electron chi connectivity index (χ1n) is 5.56. The zero-order valence-electron chi connectivity index (χ0n) is 10.4. The molecule has 1 unspecified atom stereocenters. The summed E-state index contributed by atoms with van der Waals surface area (Å²) in [5.74, 6) is -2.82. The van der Waals surface area contributed by atoms with Crippen molar-refractivity contribution in [1.29, 1.82) is 0 Å². The molecule has 8 heteroatoms. The Hall–Kier alpha value is -2.25. The van der Waals surface area contributed by atoms with Crippen LogP contribution >= 0.6 is 0 Å². The van der Waals surface area contributed by atoms with Gasteiger partial charge in [-0.3, -0.25) is 9.59 Å². The number of hydrogen-bond acceptors (Lipinski definition) is 3. The molecule has 1 atom stereocenters. The molecule has 2 N–H and O–H groups in total. The summed E-state index contributed by atoms with van der Waals surface area (Å²) >= 11 is 0. The van der Waals surface area contributed by atoms with Gasteiger partial charge in [-0.15, -0.1) is 13.2 Å². The largest absolute Gasteiger partial charge is 0.573 e. The molecule has 1 rings (SSSR count). The molecule has 0 aliphatic carbocycles. The average Bonchev–Trinajstić information content (AvgIpc) is 2.34. The van der Waals surface area contributed by atoms with Crippen LogP contribution in [0.15, 0.2) is 24.3 Å². The Bertz CT molecular complexity index is 484. The molecule has 110 valence electrons. The highest BCUT2D eigenvalue weighted by Crippen LogP contribution is 2.22. The number of nitrogens with one attached hydrogen (secondary N) is 1. The third-order valence-corrected chi connectivity index (χ3v) is 2.34. The van der Waals surface area contributed by atoms with Crippen molar-refractivity contribution in [3.63, 3.8) is 0 Å². The predicted octanol–water partition coefficient (Wildman–Crippen LogP) is 2.04. The van der Waals surface area contributed by atoms with Gasteiger partial charge in [0, 0.05) is 12.1 Å². The van der Waals surface area contributed by atoms with E-state index in [0.717, 1.165) is 24.3 Å². The van der Waals surface area contributed by atoms with E-state index in [-0.39, 0.29) is 12.1 Å². The van der Waals surface area contributed by atoms with Gasteiger partial charge in [0.25, 0.3) is 5.91 Å². The van der Waals surface area contributed by atoms with Gasteiger partial charge < -0.3 is 15.2 Å². The van der Waals surface area contributed by atoms with Crippen molar-refractivity contribution in [2.45, 2.75) is 13.3 Å². The van der Waals surface area contributed by atoms with Crippen LogP contribution in [0, 0.1) is 5.92 Å².